The van der Waals surface area contributed by atoms with Gasteiger partial charge in [0.05, 0.1) is 11.7 Å². The summed E-state index contributed by atoms with van der Waals surface area (Å²) in [5.41, 5.74) is 1.36. The lowest BCUT2D eigenvalue weighted by Gasteiger charge is -2.32. The van der Waals surface area contributed by atoms with E-state index in [1.54, 1.807) is 38.1 Å². The van der Waals surface area contributed by atoms with Crippen LogP contribution in [0.5, 0.6) is 0 Å². The van der Waals surface area contributed by atoms with E-state index < -0.39 is 11.6 Å². The van der Waals surface area contributed by atoms with Crippen LogP contribution in [0.25, 0.3) is 16.7 Å². The third-order valence-electron chi connectivity index (χ3n) is 7.58. The Bertz CT molecular complexity index is 1460. The lowest BCUT2D eigenvalue weighted by Crippen LogP contribution is -2.45. The number of hydrogen-bond donors (Lipinski definition) is 0. The van der Waals surface area contributed by atoms with Crippen molar-refractivity contribution < 1.29 is 13.6 Å². The molecule has 0 saturated carbocycles. The molecule has 10 heteroatoms. The zero-order valence-corrected chi connectivity index (χ0v) is 24.0. The predicted octanol–water partition coefficient (Wildman–Crippen LogP) is 5.17. The molecule has 1 amide bonds. The third-order valence-corrected chi connectivity index (χ3v) is 7.58. The monoisotopic (exact) mass is 549 g/mol. The number of rotatable bonds is 7. The van der Waals surface area contributed by atoms with Crippen LogP contribution in [0.3, 0.4) is 0 Å². The number of halogens is 2. The zero-order valence-electron chi connectivity index (χ0n) is 24.0. The van der Waals surface area contributed by atoms with Gasteiger partial charge in [0.2, 0.25) is 0 Å². The molecule has 40 heavy (non-hydrogen) atoms. The summed E-state index contributed by atoms with van der Waals surface area (Å²) in [4.78, 5) is 33.8. The Kier molecular flexibility index (Phi) is 8.88. The van der Waals surface area contributed by atoms with Crippen molar-refractivity contribution in [2.75, 3.05) is 33.7 Å². The minimum absolute atomic E-state index is 0.0330. The van der Waals surface area contributed by atoms with Crippen LogP contribution >= 0.6 is 0 Å². The minimum Gasteiger partial charge on any atom is -0.337 e. The lowest BCUT2D eigenvalue weighted by atomic mass is 9.99. The maximum absolute atomic E-state index is 15.3. The topological polar surface area (TPSA) is 78.5 Å². The number of amides is 1. The quantitative estimate of drug-likeness (QED) is 0.207. The number of fused-ring (bicyclic) bond motifs is 3. The molecule has 2 fully saturated rings. The van der Waals surface area contributed by atoms with Gasteiger partial charge in [-0.1, -0.05) is 6.08 Å². The number of allylic oxidation sites excluding steroid dienone is 2. The normalized spacial score (nSPS) is 21.4. The van der Waals surface area contributed by atoms with E-state index in [4.69, 9.17) is 0 Å². The molecule has 212 valence electrons. The number of nitrogens with zero attached hydrogens (tertiary/aromatic N) is 7. The summed E-state index contributed by atoms with van der Waals surface area (Å²) in [5.74, 6) is -0.0455. The van der Waals surface area contributed by atoms with Gasteiger partial charge in [0.25, 0.3) is 5.91 Å². The van der Waals surface area contributed by atoms with E-state index in [0.29, 0.717) is 35.4 Å². The van der Waals surface area contributed by atoms with Crippen molar-refractivity contribution in [3.63, 3.8) is 0 Å². The van der Waals surface area contributed by atoms with Crippen LogP contribution in [0.2, 0.25) is 0 Å². The Hall–Kier alpha value is -3.79. The summed E-state index contributed by atoms with van der Waals surface area (Å²) in [7, 11) is 3.63. The predicted molar refractivity (Wildman–Crippen MR) is 158 cm³/mol. The molecule has 8 nitrogen and oxygen atoms in total. The molecule has 2 atom stereocenters. The van der Waals surface area contributed by atoms with E-state index in [2.05, 4.69) is 38.6 Å². The second-order valence-corrected chi connectivity index (χ2v) is 10.6. The number of amidine groups is 1. The first-order valence-corrected chi connectivity index (χ1v) is 13.5. The number of carbonyl (C=O) groups excluding carboxylic acids is 1. The highest BCUT2D eigenvalue weighted by Gasteiger charge is 2.38. The van der Waals surface area contributed by atoms with Crippen LogP contribution in [0.15, 0.2) is 56.7 Å². The molecule has 4 rings (SSSR count). The van der Waals surface area contributed by atoms with Gasteiger partial charge in [-0.15, -0.1) is 0 Å². The third kappa shape index (κ3) is 5.86. The molecule has 0 N–H and O–H groups in total. The van der Waals surface area contributed by atoms with Crippen molar-refractivity contribution >= 4 is 41.4 Å². The molecule has 2 aliphatic heterocycles. The maximum Gasteiger partial charge on any atom is 0.253 e. The molecule has 2 bridgehead atoms. The van der Waals surface area contributed by atoms with Crippen LogP contribution in [0.1, 0.15) is 44.6 Å². The summed E-state index contributed by atoms with van der Waals surface area (Å²) in [5, 5.41) is 0. The first-order chi connectivity index (χ1) is 19.1. The molecule has 2 saturated heterocycles. The number of aryl methyl sites for hydroxylation is 1. The van der Waals surface area contributed by atoms with Crippen molar-refractivity contribution in [2.45, 2.75) is 46.2 Å². The molecule has 0 aliphatic carbocycles. The molecule has 3 heterocycles. The fraction of sp³-hybridized carbons (Fsp3) is 0.433. The number of imidazole rings is 1. The van der Waals surface area contributed by atoms with E-state index >= 15 is 4.39 Å². The van der Waals surface area contributed by atoms with E-state index in [-0.39, 0.29) is 34.6 Å². The SMILES string of the molecule is C=N\C(=C(F)/C=N/C(/C=C\C(=C\C)C(=O)N1CC2CC(C1)N(C)C2)=N/C)c1cc(F)c2nc(C)n(C(C)C)c2c1. The highest BCUT2D eigenvalue weighted by Crippen LogP contribution is 2.30. The van der Waals surface area contributed by atoms with Crippen LogP contribution in [0, 0.1) is 18.7 Å². The second kappa shape index (κ2) is 12.2. The van der Waals surface area contributed by atoms with Gasteiger partial charge in [0.1, 0.15) is 22.9 Å². The Morgan fingerprint density at radius 2 is 1.98 bits per heavy atom. The summed E-state index contributed by atoms with van der Waals surface area (Å²) in [6.45, 7) is 13.5. The molecule has 2 aliphatic rings. The summed E-state index contributed by atoms with van der Waals surface area (Å²) < 4.78 is 32.1. The van der Waals surface area contributed by atoms with Crippen molar-refractivity contribution in [1.29, 1.82) is 0 Å². The zero-order chi connectivity index (χ0) is 29.1. The van der Waals surface area contributed by atoms with Gasteiger partial charge in [-0.05, 0) is 78.1 Å². The van der Waals surface area contributed by atoms with Gasteiger partial charge < -0.3 is 14.4 Å². The van der Waals surface area contributed by atoms with Crippen molar-refractivity contribution in [2.24, 2.45) is 20.9 Å². The van der Waals surface area contributed by atoms with E-state index in [0.717, 1.165) is 25.7 Å². The Morgan fingerprint density at radius 3 is 2.60 bits per heavy atom. The Labute approximate surface area is 234 Å². The fourth-order valence-electron chi connectivity index (χ4n) is 5.71. The van der Waals surface area contributed by atoms with Crippen molar-refractivity contribution in [1.82, 2.24) is 19.4 Å². The van der Waals surface area contributed by atoms with Crippen LogP contribution in [-0.4, -0.2) is 83.8 Å². The van der Waals surface area contributed by atoms with E-state index in [1.165, 1.54) is 13.1 Å². The first kappa shape index (κ1) is 29.2. The van der Waals surface area contributed by atoms with Gasteiger partial charge in [0, 0.05) is 49.9 Å². The van der Waals surface area contributed by atoms with Crippen molar-refractivity contribution in [3.8, 4) is 0 Å². The molecule has 2 unspecified atom stereocenters. The molecular formula is C30H37F2N7O. The Morgan fingerprint density at radius 1 is 1.23 bits per heavy atom. The number of benzene rings is 1. The number of likely N-dealkylation sites (N-methyl/N-ethyl adjacent to an activating group) is 1. The summed E-state index contributed by atoms with van der Waals surface area (Å²) in [6, 6.07) is 3.28. The summed E-state index contributed by atoms with van der Waals surface area (Å²) >= 11 is 0. The number of carbonyl (C=O) groups is 1. The summed E-state index contributed by atoms with van der Waals surface area (Å²) in [6.07, 6.45) is 7.07. The van der Waals surface area contributed by atoms with Crippen LogP contribution in [0.4, 0.5) is 8.78 Å². The second-order valence-electron chi connectivity index (χ2n) is 10.6. The van der Waals surface area contributed by atoms with Gasteiger partial charge in [-0.3, -0.25) is 14.8 Å². The first-order valence-electron chi connectivity index (χ1n) is 13.5. The number of aromatic nitrogens is 2. The maximum atomic E-state index is 15.3. The molecule has 1 aromatic heterocycles. The van der Waals surface area contributed by atoms with Gasteiger partial charge in [-0.2, -0.15) is 0 Å². The standard InChI is InChI=1S/C30H37F2N7O/c1-8-21(30(40)38-16-20-11-23(17-38)37(7)15-20)9-10-27(33-5)35-14-25(32)28(34-6)22-12-24(31)29-26(13-22)39(18(2)3)19(4)36-29/h8-10,12-14,18,20,23H,6,11,15-17H2,1-5,7H3/b10-9-,21-8-,28-25+,33-27+,35-14+. The van der Waals surface area contributed by atoms with Gasteiger partial charge >= 0.3 is 0 Å². The average molecular weight is 550 g/mol. The van der Waals surface area contributed by atoms with Gasteiger partial charge in [-0.25, -0.2) is 18.8 Å². The van der Waals surface area contributed by atoms with Gasteiger partial charge in [0.15, 0.2) is 11.6 Å². The van der Waals surface area contributed by atoms with Crippen LogP contribution < -0.4 is 0 Å². The molecule has 0 spiro atoms. The Balaban J connectivity index is 1.54. The fourth-order valence-corrected chi connectivity index (χ4v) is 5.71. The lowest BCUT2D eigenvalue weighted by molar-refractivity contribution is -0.128. The largest absolute Gasteiger partial charge is 0.337 e. The highest BCUT2D eigenvalue weighted by atomic mass is 19.1. The molecule has 1 aromatic carbocycles. The molecule has 0 radical (unpaired) electrons. The van der Waals surface area contributed by atoms with Crippen LogP contribution in [-0.2, 0) is 4.79 Å². The molecular weight excluding hydrogens is 512 g/mol. The minimum atomic E-state index is -0.800. The smallest absolute Gasteiger partial charge is 0.253 e. The number of piperidine rings is 1. The number of hydrogen-bond acceptors (Lipinski definition) is 5. The number of likely N-dealkylation sites (tertiary alicyclic amines) is 2. The number of aliphatic imine (C=N–C) groups is 3. The van der Waals surface area contributed by atoms with E-state index in [9.17, 15) is 9.18 Å². The van der Waals surface area contributed by atoms with Crippen molar-refractivity contribution in [3.05, 3.63) is 59.0 Å². The van der Waals surface area contributed by atoms with E-state index in [1.807, 2.05) is 23.3 Å². The highest BCUT2D eigenvalue weighted by molar-refractivity contribution is 6.04. The average Bonchev–Trinajstić information content (AvgIpc) is 3.39. The molecule has 2 aromatic rings.